The molecule has 1 heterocycles. The number of thioether (sulfide) groups is 1. The number of carbonyl (C=O) groups excluding carboxylic acids is 1. The van der Waals surface area contributed by atoms with Gasteiger partial charge in [-0.1, -0.05) is 18.7 Å². The fourth-order valence-electron chi connectivity index (χ4n) is 3.12. The molecule has 1 aliphatic carbocycles. The fraction of sp³-hybridized carbons (Fsp3) is 0.350. The van der Waals surface area contributed by atoms with Gasteiger partial charge in [0.1, 0.15) is 16.8 Å². The quantitative estimate of drug-likeness (QED) is 0.534. The van der Waals surface area contributed by atoms with Gasteiger partial charge in [0, 0.05) is 10.2 Å². The van der Waals surface area contributed by atoms with Crippen LogP contribution in [0.15, 0.2) is 32.2 Å². The second kappa shape index (κ2) is 9.29. The number of nitriles is 1. The minimum Gasteiger partial charge on any atom is -0.496 e. The zero-order valence-corrected chi connectivity index (χ0v) is 19.5. The molecule has 2 aromatic rings. The number of nitrogens with zero attached hydrogens (tertiary/aromatic N) is 2. The molecule has 1 amide bonds. The summed E-state index contributed by atoms with van der Waals surface area (Å²) in [6, 6.07) is 7.73. The van der Waals surface area contributed by atoms with Crippen molar-refractivity contribution in [2.75, 3.05) is 18.2 Å². The van der Waals surface area contributed by atoms with E-state index >= 15 is 0 Å². The van der Waals surface area contributed by atoms with E-state index in [1.165, 1.54) is 11.8 Å². The summed E-state index contributed by atoms with van der Waals surface area (Å²) in [5.41, 5.74) is 3.41. The van der Waals surface area contributed by atoms with Gasteiger partial charge < -0.3 is 10.1 Å². The zero-order valence-electron chi connectivity index (χ0n) is 15.5. The molecule has 0 spiro atoms. The number of pyridine rings is 1. The minimum absolute atomic E-state index is 0.167. The molecule has 1 unspecified atom stereocenters. The van der Waals surface area contributed by atoms with Gasteiger partial charge in [-0.25, -0.2) is 4.98 Å². The van der Waals surface area contributed by atoms with Crippen molar-refractivity contribution >= 4 is 55.2 Å². The van der Waals surface area contributed by atoms with Gasteiger partial charge in [-0.3, -0.25) is 4.79 Å². The molecule has 5 nitrogen and oxygen atoms in total. The van der Waals surface area contributed by atoms with Crippen molar-refractivity contribution in [1.82, 2.24) is 4.98 Å². The molecule has 3 rings (SSSR count). The molecule has 28 heavy (non-hydrogen) atoms. The largest absolute Gasteiger partial charge is 0.496 e. The molecule has 0 radical (unpaired) electrons. The summed E-state index contributed by atoms with van der Waals surface area (Å²) in [5.74, 6) is 1.30. The summed E-state index contributed by atoms with van der Waals surface area (Å²) in [5, 5.41) is 13.0. The lowest BCUT2D eigenvalue weighted by Gasteiger charge is -2.21. The Labute approximate surface area is 185 Å². The normalized spacial score (nSPS) is 15.5. The Balaban J connectivity index is 1.70. The Morgan fingerprint density at radius 3 is 2.89 bits per heavy atom. The highest BCUT2D eigenvalue weighted by atomic mass is 79.9. The number of nitrogens with one attached hydrogen (secondary N) is 1. The molecule has 0 saturated carbocycles. The van der Waals surface area contributed by atoms with Gasteiger partial charge in [-0.05, 0) is 80.8 Å². The van der Waals surface area contributed by atoms with Gasteiger partial charge in [0.05, 0.1) is 28.6 Å². The number of fused-ring (bicyclic) bond motifs is 1. The van der Waals surface area contributed by atoms with E-state index in [0.29, 0.717) is 27.9 Å². The highest BCUT2D eigenvalue weighted by Crippen LogP contribution is 2.35. The van der Waals surface area contributed by atoms with E-state index in [-0.39, 0.29) is 11.7 Å². The van der Waals surface area contributed by atoms with Gasteiger partial charge in [-0.2, -0.15) is 5.26 Å². The van der Waals surface area contributed by atoms with Gasteiger partial charge in [0.2, 0.25) is 5.91 Å². The Morgan fingerprint density at radius 2 is 2.18 bits per heavy atom. The number of benzene rings is 1. The van der Waals surface area contributed by atoms with Gasteiger partial charge in [0.15, 0.2) is 0 Å². The summed E-state index contributed by atoms with van der Waals surface area (Å²) in [4.78, 5) is 17.1. The van der Waals surface area contributed by atoms with Gasteiger partial charge in [0.25, 0.3) is 0 Å². The van der Waals surface area contributed by atoms with Crippen LogP contribution in [-0.4, -0.2) is 23.8 Å². The first-order valence-corrected chi connectivity index (χ1v) is 11.4. The molecule has 146 valence electrons. The van der Waals surface area contributed by atoms with Crippen LogP contribution in [0.5, 0.6) is 5.75 Å². The van der Waals surface area contributed by atoms with Crippen LogP contribution in [0.2, 0.25) is 0 Å². The standard InChI is InChI=1S/C20H19Br2N3O2S/c1-11-3-4-16-12(5-11)6-13(9-23)20(25-16)28-10-19(26)24-17-7-15(22)18(27-2)8-14(17)21/h6-8,11H,3-5,10H2,1-2H3,(H,24,26). The number of methoxy groups -OCH3 is 1. The van der Waals surface area contributed by atoms with Crippen LogP contribution in [0.1, 0.15) is 30.2 Å². The van der Waals surface area contributed by atoms with Crippen molar-refractivity contribution in [3.8, 4) is 11.8 Å². The first-order valence-electron chi connectivity index (χ1n) is 8.79. The minimum atomic E-state index is -0.167. The molecule has 0 saturated heterocycles. The van der Waals surface area contributed by atoms with E-state index in [1.807, 2.05) is 6.07 Å². The summed E-state index contributed by atoms with van der Waals surface area (Å²) in [6.07, 6.45) is 2.99. The van der Waals surface area contributed by atoms with Crippen LogP contribution >= 0.6 is 43.6 Å². The zero-order chi connectivity index (χ0) is 20.3. The molecule has 0 fully saturated rings. The van der Waals surface area contributed by atoms with Crippen LogP contribution in [0.25, 0.3) is 0 Å². The third-order valence-electron chi connectivity index (χ3n) is 4.57. The lowest BCUT2D eigenvalue weighted by atomic mass is 9.87. The monoisotopic (exact) mass is 523 g/mol. The van der Waals surface area contributed by atoms with E-state index in [9.17, 15) is 10.1 Å². The lowest BCUT2D eigenvalue weighted by molar-refractivity contribution is -0.113. The average molecular weight is 525 g/mol. The van der Waals surface area contributed by atoms with Crippen molar-refractivity contribution < 1.29 is 9.53 Å². The van der Waals surface area contributed by atoms with Crippen LogP contribution in [-0.2, 0) is 17.6 Å². The highest BCUT2D eigenvalue weighted by molar-refractivity contribution is 9.11. The number of halogens is 2. The molecule has 1 aromatic heterocycles. The predicted molar refractivity (Wildman–Crippen MR) is 118 cm³/mol. The van der Waals surface area contributed by atoms with E-state index in [2.05, 4.69) is 55.2 Å². The number of aryl methyl sites for hydroxylation is 1. The fourth-order valence-corrected chi connectivity index (χ4v) is 4.82. The molecule has 8 heteroatoms. The summed E-state index contributed by atoms with van der Waals surface area (Å²) in [7, 11) is 1.58. The number of rotatable bonds is 5. The first kappa shape index (κ1) is 21.2. The van der Waals surface area contributed by atoms with Crippen molar-refractivity contribution in [2.45, 2.75) is 31.2 Å². The molecule has 1 N–H and O–H groups in total. The van der Waals surface area contributed by atoms with Crippen LogP contribution in [0.3, 0.4) is 0 Å². The number of ether oxygens (including phenoxy) is 1. The Bertz CT molecular complexity index is 959. The molecular weight excluding hydrogens is 506 g/mol. The Kier molecular flexibility index (Phi) is 7.02. The van der Waals surface area contributed by atoms with Crippen molar-refractivity contribution in [1.29, 1.82) is 5.26 Å². The van der Waals surface area contributed by atoms with Crippen LogP contribution in [0.4, 0.5) is 5.69 Å². The second-order valence-corrected chi connectivity index (χ2v) is 9.38. The first-order chi connectivity index (χ1) is 13.4. The third-order valence-corrected chi connectivity index (χ3v) is 6.84. The molecule has 1 atom stereocenters. The maximum Gasteiger partial charge on any atom is 0.234 e. The smallest absolute Gasteiger partial charge is 0.234 e. The number of hydrogen-bond donors (Lipinski definition) is 1. The number of anilines is 1. The molecular formula is C20H19Br2N3O2S. The highest BCUT2D eigenvalue weighted by Gasteiger charge is 2.20. The van der Waals surface area contributed by atoms with E-state index in [4.69, 9.17) is 4.74 Å². The summed E-state index contributed by atoms with van der Waals surface area (Å²) in [6.45, 7) is 2.22. The van der Waals surface area contributed by atoms with E-state index in [0.717, 1.165) is 39.5 Å². The SMILES string of the molecule is COc1cc(Br)c(NC(=O)CSc2nc3c(cc2C#N)CC(C)CC3)cc1Br. The van der Waals surface area contributed by atoms with Gasteiger partial charge >= 0.3 is 0 Å². The number of aromatic nitrogens is 1. The number of hydrogen-bond acceptors (Lipinski definition) is 5. The van der Waals surface area contributed by atoms with Crippen LogP contribution < -0.4 is 10.1 Å². The van der Waals surface area contributed by atoms with Crippen molar-refractivity contribution in [2.24, 2.45) is 5.92 Å². The molecule has 1 aromatic carbocycles. The second-order valence-electron chi connectivity index (χ2n) is 6.71. The average Bonchev–Trinajstić information content (AvgIpc) is 2.68. The maximum atomic E-state index is 12.4. The molecule has 0 bridgehead atoms. The summed E-state index contributed by atoms with van der Waals surface area (Å²) < 4.78 is 6.71. The Hall–Kier alpha value is -1.56. The Morgan fingerprint density at radius 1 is 1.39 bits per heavy atom. The topological polar surface area (TPSA) is 75.0 Å². The number of carbonyl (C=O) groups is 1. The van der Waals surface area contributed by atoms with Crippen LogP contribution in [0, 0.1) is 17.2 Å². The molecule has 0 aliphatic heterocycles. The number of amides is 1. The maximum absolute atomic E-state index is 12.4. The van der Waals surface area contributed by atoms with E-state index in [1.54, 1.807) is 19.2 Å². The summed E-state index contributed by atoms with van der Waals surface area (Å²) >= 11 is 8.15. The lowest BCUT2D eigenvalue weighted by Crippen LogP contribution is -2.16. The van der Waals surface area contributed by atoms with E-state index < -0.39 is 0 Å². The van der Waals surface area contributed by atoms with Crippen molar-refractivity contribution in [3.63, 3.8) is 0 Å². The third kappa shape index (κ3) is 4.88. The van der Waals surface area contributed by atoms with Gasteiger partial charge in [-0.15, -0.1) is 0 Å². The predicted octanol–water partition coefficient (Wildman–Crippen LogP) is 5.34. The molecule has 1 aliphatic rings. The van der Waals surface area contributed by atoms with Crippen molar-refractivity contribution in [3.05, 3.63) is 44.0 Å².